The lowest BCUT2D eigenvalue weighted by Gasteiger charge is -2.25. The zero-order valence-electron chi connectivity index (χ0n) is 16.9. The van der Waals surface area contributed by atoms with Crippen LogP contribution in [0.4, 0.5) is 0 Å². The van der Waals surface area contributed by atoms with Crippen LogP contribution in [0.5, 0.6) is 5.75 Å². The van der Waals surface area contributed by atoms with Crippen LogP contribution in [0, 0.1) is 35.5 Å². The molecule has 2 fully saturated rings. The Kier molecular flexibility index (Phi) is 4.71. The van der Waals surface area contributed by atoms with Gasteiger partial charge in [-0.15, -0.1) is 0 Å². The fourth-order valence-electron chi connectivity index (χ4n) is 6.32. The second kappa shape index (κ2) is 7.22. The van der Waals surface area contributed by atoms with Gasteiger partial charge in [0.25, 0.3) is 0 Å². The number of hydrogen-bond donors (Lipinski definition) is 1. The van der Waals surface area contributed by atoms with E-state index in [1.54, 1.807) is 0 Å². The molecule has 0 aromatic heterocycles. The number of benzene rings is 1. The van der Waals surface area contributed by atoms with Crippen molar-refractivity contribution in [2.45, 2.75) is 39.0 Å². The third-order valence-corrected chi connectivity index (χ3v) is 7.56. The Labute approximate surface area is 169 Å². The summed E-state index contributed by atoms with van der Waals surface area (Å²) in [4.78, 5) is 0. The Morgan fingerprint density at radius 2 is 1.96 bits per heavy atom. The van der Waals surface area contributed by atoms with Crippen LogP contribution >= 0.6 is 0 Å². The number of ether oxygens (including phenoxy) is 1. The van der Waals surface area contributed by atoms with E-state index in [1.165, 1.54) is 31.3 Å². The Balaban J connectivity index is 1.32. The van der Waals surface area contributed by atoms with E-state index in [0.29, 0.717) is 36.0 Å². The lowest BCUT2D eigenvalue weighted by atomic mass is 9.82. The standard InChI is InChI=1S/C26H32O2/c1-16(2)14-28-15-22-10-18-11-24(22)25(12-18)23-5-3-4-20(26(23)27)13-21-9-17-6-7-19(21)8-17/h3-7,12,17-19,21-22,24,27H,1,8-11,13-15H2,2H3. The van der Waals surface area contributed by atoms with Gasteiger partial charge in [0, 0.05) is 5.56 Å². The number of phenolic OH excluding ortho intramolecular Hbond substituents is 1. The van der Waals surface area contributed by atoms with E-state index in [2.05, 4.69) is 43.0 Å². The number of hydrogen-bond acceptors (Lipinski definition) is 2. The van der Waals surface area contributed by atoms with Crippen LogP contribution in [-0.2, 0) is 11.2 Å². The predicted octanol–water partition coefficient (Wildman–Crippen LogP) is 5.78. The highest BCUT2D eigenvalue weighted by Crippen LogP contribution is 2.53. The maximum absolute atomic E-state index is 11.1. The monoisotopic (exact) mass is 376 g/mol. The van der Waals surface area contributed by atoms with Crippen LogP contribution in [-0.4, -0.2) is 18.3 Å². The van der Waals surface area contributed by atoms with Crippen molar-refractivity contribution in [2.75, 3.05) is 13.2 Å². The van der Waals surface area contributed by atoms with Gasteiger partial charge < -0.3 is 9.84 Å². The molecule has 1 aromatic rings. The first-order valence-corrected chi connectivity index (χ1v) is 11.0. The maximum Gasteiger partial charge on any atom is 0.126 e. The number of rotatable bonds is 7. The van der Waals surface area contributed by atoms with Gasteiger partial charge in [0.05, 0.1) is 13.2 Å². The summed E-state index contributed by atoms with van der Waals surface area (Å²) in [5, 5.41) is 11.1. The Morgan fingerprint density at radius 3 is 2.68 bits per heavy atom. The van der Waals surface area contributed by atoms with Gasteiger partial charge in [0.2, 0.25) is 0 Å². The first-order valence-electron chi connectivity index (χ1n) is 11.0. The number of aromatic hydroxyl groups is 1. The molecule has 2 heteroatoms. The molecule has 1 N–H and O–H groups in total. The normalized spacial score (nSPS) is 35.0. The van der Waals surface area contributed by atoms with Crippen molar-refractivity contribution in [2.24, 2.45) is 35.5 Å². The highest BCUT2D eigenvalue weighted by atomic mass is 16.5. The van der Waals surface area contributed by atoms with Gasteiger partial charge in [-0.05, 0) is 85.7 Å². The van der Waals surface area contributed by atoms with Gasteiger partial charge in [-0.1, -0.05) is 48.6 Å². The Bertz CT molecular complexity index is 833. The van der Waals surface area contributed by atoms with Crippen LogP contribution in [0.25, 0.3) is 5.57 Å². The molecule has 0 amide bonds. The second-order valence-corrected chi connectivity index (χ2v) is 9.75. The molecule has 2 nitrogen and oxygen atoms in total. The first kappa shape index (κ1) is 18.2. The minimum Gasteiger partial charge on any atom is -0.507 e. The van der Waals surface area contributed by atoms with E-state index in [0.717, 1.165) is 41.6 Å². The van der Waals surface area contributed by atoms with Crippen LogP contribution in [0.2, 0.25) is 0 Å². The van der Waals surface area contributed by atoms with Crippen molar-refractivity contribution >= 4 is 5.57 Å². The quantitative estimate of drug-likeness (QED) is 0.611. The van der Waals surface area contributed by atoms with Gasteiger partial charge in [0.15, 0.2) is 0 Å². The summed E-state index contributed by atoms with van der Waals surface area (Å²) in [5.74, 6) is 4.50. The van der Waals surface area contributed by atoms with Crippen LogP contribution < -0.4 is 0 Å². The molecule has 4 aliphatic carbocycles. The SMILES string of the molecule is C=C(C)COCC1CC2C=C(c3cccc(CC4CC5C=CC4C5)c3O)C1C2. The lowest BCUT2D eigenvalue weighted by Crippen LogP contribution is -2.18. The minimum absolute atomic E-state index is 0.529. The average Bonchev–Trinajstić information content (AvgIpc) is 3.43. The molecule has 148 valence electrons. The largest absolute Gasteiger partial charge is 0.507 e. The molecular formula is C26H32O2. The third-order valence-electron chi connectivity index (χ3n) is 7.56. The molecule has 0 heterocycles. The molecule has 2 saturated carbocycles. The van der Waals surface area contributed by atoms with Crippen molar-refractivity contribution in [1.82, 2.24) is 0 Å². The van der Waals surface area contributed by atoms with E-state index in [4.69, 9.17) is 4.74 Å². The smallest absolute Gasteiger partial charge is 0.126 e. The Morgan fingerprint density at radius 1 is 1.11 bits per heavy atom. The molecule has 28 heavy (non-hydrogen) atoms. The van der Waals surface area contributed by atoms with E-state index in [-0.39, 0.29) is 0 Å². The van der Waals surface area contributed by atoms with E-state index >= 15 is 0 Å². The van der Waals surface area contributed by atoms with Crippen molar-refractivity contribution in [3.05, 3.63) is 59.7 Å². The maximum atomic E-state index is 11.1. The summed E-state index contributed by atoms with van der Waals surface area (Å²) in [6, 6.07) is 6.40. The third kappa shape index (κ3) is 3.26. The number of allylic oxidation sites excluding steroid dienone is 4. The highest BCUT2D eigenvalue weighted by molar-refractivity contribution is 5.76. The number of fused-ring (bicyclic) bond motifs is 4. The zero-order chi connectivity index (χ0) is 19.3. The van der Waals surface area contributed by atoms with E-state index in [9.17, 15) is 5.11 Å². The average molecular weight is 377 g/mol. The molecule has 5 rings (SSSR count). The van der Waals surface area contributed by atoms with Gasteiger partial charge >= 0.3 is 0 Å². The topological polar surface area (TPSA) is 29.5 Å². The molecular weight excluding hydrogens is 344 g/mol. The van der Waals surface area contributed by atoms with Crippen molar-refractivity contribution < 1.29 is 9.84 Å². The summed E-state index contributed by atoms with van der Waals surface area (Å²) in [6.07, 6.45) is 13.3. The molecule has 4 bridgehead atoms. The summed E-state index contributed by atoms with van der Waals surface area (Å²) in [5.41, 5.74) is 4.67. The summed E-state index contributed by atoms with van der Waals surface area (Å²) >= 11 is 0. The fraction of sp³-hybridized carbons (Fsp3) is 0.538. The van der Waals surface area contributed by atoms with Gasteiger partial charge in [0.1, 0.15) is 5.75 Å². The van der Waals surface area contributed by atoms with E-state index < -0.39 is 0 Å². The summed E-state index contributed by atoms with van der Waals surface area (Å²) in [6.45, 7) is 7.42. The predicted molar refractivity (Wildman–Crippen MR) is 114 cm³/mol. The Hall–Kier alpha value is -1.80. The van der Waals surface area contributed by atoms with Gasteiger partial charge in [-0.25, -0.2) is 0 Å². The van der Waals surface area contributed by atoms with Crippen LogP contribution in [0.15, 0.2) is 48.6 Å². The molecule has 6 unspecified atom stereocenters. The molecule has 6 atom stereocenters. The summed E-state index contributed by atoms with van der Waals surface area (Å²) in [7, 11) is 0. The molecule has 0 saturated heterocycles. The summed E-state index contributed by atoms with van der Waals surface area (Å²) < 4.78 is 5.89. The number of para-hydroxylation sites is 1. The van der Waals surface area contributed by atoms with Gasteiger partial charge in [-0.3, -0.25) is 0 Å². The van der Waals surface area contributed by atoms with Crippen LogP contribution in [0.1, 0.15) is 43.7 Å². The van der Waals surface area contributed by atoms with Crippen molar-refractivity contribution in [1.29, 1.82) is 0 Å². The molecule has 0 radical (unpaired) electrons. The molecule has 1 aromatic carbocycles. The fourth-order valence-corrected chi connectivity index (χ4v) is 6.32. The lowest BCUT2D eigenvalue weighted by molar-refractivity contribution is 0.109. The first-order chi connectivity index (χ1) is 13.6. The van der Waals surface area contributed by atoms with Gasteiger partial charge in [-0.2, -0.15) is 0 Å². The zero-order valence-corrected chi connectivity index (χ0v) is 16.9. The molecule has 0 spiro atoms. The molecule has 4 aliphatic rings. The van der Waals surface area contributed by atoms with Crippen molar-refractivity contribution in [3.63, 3.8) is 0 Å². The van der Waals surface area contributed by atoms with Crippen LogP contribution in [0.3, 0.4) is 0 Å². The minimum atomic E-state index is 0.529. The highest BCUT2D eigenvalue weighted by Gasteiger charge is 2.42. The second-order valence-electron chi connectivity index (χ2n) is 9.75. The van der Waals surface area contributed by atoms with E-state index in [1.807, 2.05) is 6.92 Å². The molecule has 0 aliphatic heterocycles. The number of phenols is 1. The van der Waals surface area contributed by atoms with Crippen molar-refractivity contribution in [3.8, 4) is 5.75 Å².